The first kappa shape index (κ1) is 11.6. The third-order valence-corrected chi connectivity index (χ3v) is 3.25. The van der Waals surface area contributed by atoms with Crippen LogP contribution in [0.3, 0.4) is 0 Å². The molecule has 0 radical (unpaired) electrons. The first-order valence-electron chi connectivity index (χ1n) is 6.00. The maximum Gasteiger partial charge on any atom is 0.138 e. The number of alkyl halides is 1. The van der Waals surface area contributed by atoms with Crippen molar-refractivity contribution < 1.29 is 0 Å². The molecule has 2 rings (SSSR count). The van der Waals surface area contributed by atoms with Crippen LogP contribution in [0, 0.1) is 0 Å². The molecule has 1 unspecified atom stereocenters. The van der Waals surface area contributed by atoms with Crippen LogP contribution in [0.25, 0.3) is 0 Å². The summed E-state index contributed by atoms with van der Waals surface area (Å²) in [6.45, 7) is 3.10. The summed E-state index contributed by atoms with van der Waals surface area (Å²) in [5.74, 6) is 1.07. The van der Waals surface area contributed by atoms with E-state index in [9.17, 15) is 0 Å². The van der Waals surface area contributed by atoms with Gasteiger partial charge in [-0.3, -0.25) is 0 Å². The van der Waals surface area contributed by atoms with Gasteiger partial charge in [0.25, 0.3) is 0 Å². The Morgan fingerprint density at radius 2 is 2.44 bits per heavy atom. The van der Waals surface area contributed by atoms with Crippen molar-refractivity contribution in [3.63, 3.8) is 0 Å². The van der Waals surface area contributed by atoms with Crippen LogP contribution in [0.15, 0.2) is 18.0 Å². The van der Waals surface area contributed by atoms with Crippen molar-refractivity contribution in [2.24, 2.45) is 0 Å². The minimum Gasteiger partial charge on any atom is -0.250 e. The molecule has 1 aromatic rings. The van der Waals surface area contributed by atoms with E-state index in [1.165, 1.54) is 12.0 Å². The molecule has 16 heavy (non-hydrogen) atoms. The molecule has 3 nitrogen and oxygen atoms in total. The predicted octanol–water partition coefficient (Wildman–Crippen LogP) is 2.95. The van der Waals surface area contributed by atoms with E-state index in [4.69, 9.17) is 11.6 Å². The largest absolute Gasteiger partial charge is 0.250 e. The lowest BCUT2D eigenvalue weighted by molar-refractivity contribution is 0.569. The molecule has 0 amide bonds. The molecule has 0 N–H and O–H groups in total. The molecule has 88 valence electrons. The second-order valence-corrected chi connectivity index (χ2v) is 4.87. The lowest BCUT2D eigenvalue weighted by atomic mass is 9.97. The van der Waals surface area contributed by atoms with Gasteiger partial charge in [0, 0.05) is 13.0 Å². The van der Waals surface area contributed by atoms with Gasteiger partial charge in [-0.25, -0.2) is 9.67 Å². The van der Waals surface area contributed by atoms with E-state index >= 15 is 0 Å². The van der Waals surface area contributed by atoms with Gasteiger partial charge >= 0.3 is 0 Å². The van der Waals surface area contributed by atoms with Gasteiger partial charge in [-0.1, -0.05) is 18.6 Å². The highest BCUT2D eigenvalue weighted by molar-refractivity contribution is 6.21. The third kappa shape index (κ3) is 2.85. The molecule has 1 aliphatic carbocycles. The number of halogens is 1. The zero-order chi connectivity index (χ0) is 11.4. The monoisotopic (exact) mass is 239 g/mol. The fourth-order valence-electron chi connectivity index (χ4n) is 2.12. The molecule has 0 aromatic carbocycles. The summed E-state index contributed by atoms with van der Waals surface area (Å²) in [6.07, 6.45) is 9.29. The Hall–Kier alpha value is -0.830. The maximum atomic E-state index is 6.13. The Balaban J connectivity index is 2.05. The van der Waals surface area contributed by atoms with Gasteiger partial charge in [0.1, 0.15) is 12.2 Å². The molecule has 0 saturated heterocycles. The Labute approximate surface area is 102 Å². The number of hydrogen-bond donors (Lipinski definition) is 0. The molecular formula is C12H18ClN3. The quantitative estimate of drug-likeness (QED) is 0.598. The van der Waals surface area contributed by atoms with Crippen molar-refractivity contribution in [1.29, 1.82) is 0 Å². The molecule has 1 atom stereocenters. The molecule has 0 bridgehead atoms. The van der Waals surface area contributed by atoms with E-state index in [2.05, 4.69) is 23.1 Å². The number of aromatic nitrogens is 3. The molecule has 0 saturated carbocycles. The highest BCUT2D eigenvalue weighted by atomic mass is 35.5. The van der Waals surface area contributed by atoms with E-state index in [1.54, 1.807) is 6.33 Å². The topological polar surface area (TPSA) is 30.7 Å². The van der Waals surface area contributed by atoms with E-state index in [0.29, 0.717) is 0 Å². The van der Waals surface area contributed by atoms with Crippen LogP contribution in [0.5, 0.6) is 0 Å². The fourth-order valence-corrected chi connectivity index (χ4v) is 2.45. The highest BCUT2D eigenvalue weighted by Crippen LogP contribution is 2.23. The first-order chi connectivity index (χ1) is 7.79. The van der Waals surface area contributed by atoms with E-state index in [-0.39, 0.29) is 5.38 Å². The van der Waals surface area contributed by atoms with Crippen molar-refractivity contribution in [2.45, 2.75) is 50.9 Å². The van der Waals surface area contributed by atoms with Gasteiger partial charge in [-0.2, -0.15) is 5.10 Å². The minimum atomic E-state index is 0.214. The van der Waals surface area contributed by atoms with Crippen LogP contribution in [-0.2, 0) is 13.0 Å². The Kier molecular flexibility index (Phi) is 3.99. The molecule has 1 heterocycles. The van der Waals surface area contributed by atoms with Gasteiger partial charge in [0.15, 0.2) is 0 Å². The summed E-state index contributed by atoms with van der Waals surface area (Å²) < 4.78 is 2.00. The van der Waals surface area contributed by atoms with Crippen molar-refractivity contribution in [3.05, 3.63) is 23.8 Å². The number of allylic oxidation sites excluding steroid dienone is 2. The zero-order valence-electron chi connectivity index (χ0n) is 9.69. The van der Waals surface area contributed by atoms with Gasteiger partial charge in [-0.15, -0.1) is 11.6 Å². The van der Waals surface area contributed by atoms with Crippen LogP contribution >= 0.6 is 11.6 Å². The molecule has 1 aliphatic rings. The van der Waals surface area contributed by atoms with Crippen molar-refractivity contribution in [3.8, 4) is 0 Å². The number of hydrogen-bond acceptors (Lipinski definition) is 2. The standard InChI is InChI=1S/C12H18ClN3/c1-2-6-16-12(14-9-15-16)8-10-4-3-5-11(13)7-10/h7,9,11H,2-6,8H2,1H3. The Bertz CT molecular complexity index is 370. The molecule has 1 aromatic heterocycles. The average Bonchev–Trinajstić information content (AvgIpc) is 2.66. The van der Waals surface area contributed by atoms with Crippen LogP contribution in [0.4, 0.5) is 0 Å². The number of aryl methyl sites for hydroxylation is 1. The Morgan fingerprint density at radius 1 is 1.56 bits per heavy atom. The predicted molar refractivity (Wildman–Crippen MR) is 65.6 cm³/mol. The molecule has 4 heteroatoms. The second-order valence-electron chi connectivity index (χ2n) is 4.31. The normalized spacial score (nSPS) is 20.9. The first-order valence-corrected chi connectivity index (χ1v) is 6.43. The summed E-state index contributed by atoms with van der Waals surface area (Å²) >= 11 is 6.13. The summed E-state index contributed by atoms with van der Waals surface area (Å²) in [4.78, 5) is 4.32. The summed E-state index contributed by atoms with van der Waals surface area (Å²) in [7, 11) is 0. The minimum absolute atomic E-state index is 0.214. The smallest absolute Gasteiger partial charge is 0.138 e. The third-order valence-electron chi connectivity index (χ3n) is 2.91. The van der Waals surface area contributed by atoms with Crippen LogP contribution in [0.2, 0.25) is 0 Å². The SMILES string of the molecule is CCCn1ncnc1CC1=CC(Cl)CCC1. The van der Waals surface area contributed by atoms with Crippen LogP contribution in [0.1, 0.15) is 38.4 Å². The van der Waals surface area contributed by atoms with Crippen molar-refractivity contribution in [1.82, 2.24) is 14.8 Å². The molecule has 0 spiro atoms. The maximum absolute atomic E-state index is 6.13. The zero-order valence-corrected chi connectivity index (χ0v) is 10.5. The van der Waals surface area contributed by atoms with E-state index in [1.807, 2.05) is 4.68 Å². The lowest BCUT2D eigenvalue weighted by Gasteiger charge is -2.16. The van der Waals surface area contributed by atoms with E-state index < -0.39 is 0 Å². The van der Waals surface area contributed by atoms with Crippen molar-refractivity contribution >= 4 is 11.6 Å². The number of nitrogens with zero attached hydrogens (tertiary/aromatic N) is 3. The highest BCUT2D eigenvalue weighted by Gasteiger charge is 2.13. The second kappa shape index (κ2) is 5.48. The van der Waals surface area contributed by atoms with Gasteiger partial charge in [0.05, 0.1) is 5.38 Å². The van der Waals surface area contributed by atoms with Crippen LogP contribution in [-0.4, -0.2) is 20.1 Å². The van der Waals surface area contributed by atoms with E-state index in [0.717, 1.165) is 38.1 Å². The molecule has 0 aliphatic heterocycles. The average molecular weight is 240 g/mol. The van der Waals surface area contributed by atoms with Gasteiger partial charge in [0.2, 0.25) is 0 Å². The van der Waals surface area contributed by atoms with Crippen molar-refractivity contribution in [2.75, 3.05) is 0 Å². The summed E-state index contributed by atoms with van der Waals surface area (Å²) in [5, 5.41) is 4.45. The lowest BCUT2D eigenvalue weighted by Crippen LogP contribution is -2.10. The van der Waals surface area contributed by atoms with Gasteiger partial charge in [-0.05, 0) is 25.7 Å². The van der Waals surface area contributed by atoms with Gasteiger partial charge < -0.3 is 0 Å². The van der Waals surface area contributed by atoms with Crippen LogP contribution < -0.4 is 0 Å². The Morgan fingerprint density at radius 3 is 3.19 bits per heavy atom. The summed E-state index contributed by atoms with van der Waals surface area (Å²) in [5.41, 5.74) is 1.41. The number of rotatable bonds is 4. The molecule has 0 fully saturated rings. The molecular weight excluding hydrogens is 222 g/mol. The summed E-state index contributed by atoms with van der Waals surface area (Å²) in [6, 6.07) is 0. The fraction of sp³-hybridized carbons (Fsp3) is 0.667.